The first-order chi connectivity index (χ1) is 11.7. The molecular formula is C21H36N2O. The van der Waals surface area contributed by atoms with Crippen LogP contribution in [0.25, 0.3) is 0 Å². The Morgan fingerprint density at radius 2 is 1.71 bits per heavy atom. The minimum atomic E-state index is -0.209. The molecule has 0 amide bonds. The Morgan fingerprint density at radius 3 is 2.33 bits per heavy atom. The molecular weight excluding hydrogens is 296 g/mol. The van der Waals surface area contributed by atoms with Gasteiger partial charge in [-0.05, 0) is 64.1 Å². The number of aliphatic hydroxyl groups is 1. The molecule has 3 rings (SSSR count). The minimum absolute atomic E-state index is 0.00260. The molecule has 1 N–H and O–H groups in total. The Balaban J connectivity index is 1.86. The van der Waals surface area contributed by atoms with Crippen LogP contribution in [-0.4, -0.2) is 52.7 Å². The Labute approximate surface area is 148 Å². The highest BCUT2D eigenvalue weighted by atomic mass is 16.3. The van der Waals surface area contributed by atoms with Crippen molar-refractivity contribution in [2.24, 2.45) is 5.92 Å². The largest absolute Gasteiger partial charge is 0.393 e. The summed E-state index contributed by atoms with van der Waals surface area (Å²) in [5.74, 6) is 0.458. The summed E-state index contributed by atoms with van der Waals surface area (Å²) < 4.78 is 0. The number of hydrogen-bond acceptors (Lipinski definition) is 3. The second kappa shape index (κ2) is 8.05. The molecule has 0 bridgehead atoms. The number of piperidine rings is 2. The van der Waals surface area contributed by atoms with Crippen LogP contribution >= 0.6 is 0 Å². The average Bonchev–Trinajstić information content (AvgIpc) is 2.65. The molecule has 0 saturated carbocycles. The van der Waals surface area contributed by atoms with Gasteiger partial charge < -0.3 is 10.0 Å². The molecule has 3 heteroatoms. The van der Waals surface area contributed by atoms with Crippen molar-refractivity contribution in [2.45, 2.75) is 76.9 Å². The highest BCUT2D eigenvalue weighted by Gasteiger charge is 2.44. The van der Waals surface area contributed by atoms with Crippen LogP contribution in [0.1, 0.15) is 65.2 Å². The van der Waals surface area contributed by atoms with Gasteiger partial charge in [-0.25, -0.2) is 0 Å². The second-order valence-electron chi connectivity index (χ2n) is 8.03. The summed E-state index contributed by atoms with van der Waals surface area (Å²) in [7, 11) is 0. The maximum Gasteiger partial charge on any atom is 0.0558 e. The predicted octanol–water partition coefficient (Wildman–Crippen LogP) is 3.95. The number of likely N-dealkylation sites (tertiary alicyclic amines) is 2. The molecule has 0 aromatic rings. The lowest BCUT2D eigenvalue weighted by molar-refractivity contribution is 0.0122. The zero-order valence-corrected chi connectivity index (χ0v) is 15.7. The maximum absolute atomic E-state index is 10.5. The van der Waals surface area contributed by atoms with Crippen LogP contribution in [0.5, 0.6) is 0 Å². The standard InChI is InChI=1S/C21H36N2O/c1-3-19(24)17-21(23-15-8-5-9-16-23)12-10-11-20(18(21)2)22-13-6-4-7-14-22/h10-12,18-19,24H,3-9,13-17H2,1-2H3. The van der Waals surface area contributed by atoms with Gasteiger partial charge in [-0.2, -0.15) is 0 Å². The lowest BCUT2D eigenvalue weighted by Crippen LogP contribution is -2.57. The van der Waals surface area contributed by atoms with Crippen molar-refractivity contribution in [1.29, 1.82) is 0 Å². The summed E-state index contributed by atoms with van der Waals surface area (Å²) in [6.45, 7) is 9.28. The minimum Gasteiger partial charge on any atom is -0.393 e. The zero-order valence-electron chi connectivity index (χ0n) is 15.7. The third kappa shape index (κ3) is 3.57. The molecule has 136 valence electrons. The van der Waals surface area contributed by atoms with E-state index in [0.717, 1.165) is 12.8 Å². The maximum atomic E-state index is 10.5. The van der Waals surface area contributed by atoms with E-state index in [9.17, 15) is 5.11 Å². The van der Waals surface area contributed by atoms with Gasteiger partial charge in [0.15, 0.2) is 0 Å². The van der Waals surface area contributed by atoms with Gasteiger partial charge in [0, 0.05) is 30.2 Å². The van der Waals surface area contributed by atoms with E-state index in [1.165, 1.54) is 70.4 Å². The first-order valence-corrected chi connectivity index (χ1v) is 10.2. The highest BCUT2D eigenvalue weighted by molar-refractivity contribution is 5.31. The molecule has 0 aromatic carbocycles. The Bertz CT molecular complexity index is 460. The summed E-state index contributed by atoms with van der Waals surface area (Å²) in [4.78, 5) is 5.31. The number of allylic oxidation sites excluding steroid dienone is 2. The number of aliphatic hydroxyl groups excluding tert-OH is 1. The Kier molecular flexibility index (Phi) is 6.04. The molecule has 0 aromatic heterocycles. The van der Waals surface area contributed by atoms with Crippen molar-refractivity contribution < 1.29 is 5.11 Å². The monoisotopic (exact) mass is 332 g/mol. The Hall–Kier alpha value is -0.800. The van der Waals surface area contributed by atoms with Crippen molar-refractivity contribution in [3.63, 3.8) is 0 Å². The van der Waals surface area contributed by atoms with E-state index in [1.54, 1.807) is 0 Å². The van der Waals surface area contributed by atoms with Gasteiger partial charge in [-0.15, -0.1) is 0 Å². The molecule has 3 atom stereocenters. The quantitative estimate of drug-likeness (QED) is 0.826. The van der Waals surface area contributed by atoms with Crippen molar-refractivity contribution >= 4 is 0 Å². The van der Waals surface area contributed by atoms with Crippen LogP contribution in [0, 0.1) is 5.92 Å². The zero-order chi connectivity index (χ0) is 17.0. The molecule has 0 spiro atoms. The first kappa shape index (κ1) is 18.0. The lowest BCUT2D eigenvalue weighted by Gasteiger charge is -2.52. The van der Waals surface area contributed by atoms with Crippen LogP contribution in [0.2, 0.25) is 0 Å². The summed E-state index contributed by atoms with van der Waals surface area (Å²) >= 11 is 0. The van der Waals surface area contributed by atoms with Crippen LogP contribution in [0.15, 0.2) is 23.9 Å². The van der Waals surface area contributed by atoms with Crippen molar-refractivity contribution in [2.75, 3.05) is 26.2 Å². The molecule has 2 aliphatic heterocycles. The SMILES string of the molecule is CCC(O)CC1(N2CCCCC2)C=CC=C(N2CCCCC2)C1C. The summed E-state index contributed by atoms with van der Waals surface area (Å²) in [6.07, 6.45) is 16.5. The summed E-state index contributed by atoms with van der Waals surface area (Å²) in [5.41, 5.74) is 1.50. The fourth-order valence-corrected chi connectivity index (χ4v) is 4.97. The van der Waals surface area contributed by atoms with Gasteiger partial charge in [0.1, 0.15) is 0 Å². The van der Waals surface area contributed by atoms with Gasteiger partial charge >= 0.3 is 0 Å². The third-order valence-corrected chi connectivity index (χ3v) is 6.55. The number of hydrogen-bond donors (Lipinski definition) is 1. The van der Waals surface area contributed by atoms with Gasteiger partial charge in [0.2, 0.25) is 0 Å². The third-order valence-electron chi connectivity index (χ3n) is 6.55. The smallest absolute Gasteiger partial charge is 0.0558 e. The number of nitrogens with zero attached hydrogens (tertiary/aromatic N) is 2. The van der Waals surface area contributed by atoms with E-state index in [2.05, 4.69) is 41.9 Å². The lowest BCUT2D eigenvalue weighted by atomic mass is 9.73. The van der Waals surface area contributed by atoms with Crippen molar-refractivity contribution in [3.8, 4) is 0 Å². The molecule has 1 aliphatic carbocycles. The molecule has 24 heavy (non-hydrogen) atoms. The van der Waals surface area contributed by atoms with Crippen LogP contribution in [-0.2, 0) is 0 Å². The molecule has 3 unspecified atom stereocenters. The van der Waals surface area contributed by atoms with Gasteiger partial charge in [-0.3, -0.25) is 4.90 Å². The Morgan fingerprint density at radius 1 is 1.08 bits per heavy atom. The van der Waals surface area contributed by atoms with E-state index in [-0.39, 0.29) is 11.6 Å². The second-order valence-corrected chi connectivity index (χ2v) is 8.03. The fourth-order valence-electron chi connectivity index (χ4n) is 4.97. The van der Waals surface area contributed by atoms with Crippen LogP contribution in [0.4, 0.5) is 0 Å². The van der Waals surface area contributed by atoms with Gasteiger partial charge in [-0.1, -0.05) is 32.4 Å². The highest BCUT2D eigenvalue weighted by Crippen LogP contribution is 2.42. The van der Waals surface area contributed by atoms with Gasteiger partial charge in [0.25, 0.3) is 0 Å². The van der Waals surface area contributed by atoms with E-state index in [0.29, 0.717) is 5.92 Å². The number of rotatable bonds is 5. The molecule has 2 fully saturated rings. The van der Waals surface area contributed by atoms with Gasteiger partial charge in [0.05, 0.1) is 6.10 Å². The molecule has 0 radical (unpaired) electrons. The molecule has 2 saturated heterocycles. The van der Waals surface area contributed by atoms with Crippen molar-refractivity contribution in [3.05, 3.63) is 23.9 Å². The predicted molar refractivity (Wildman–Crippen MR) is 101 cm³/mol. The van der Waals surface area contributed by atoms with Crippen molar-refractivity contribution in [1.82, 2.24) is 9.80 Å². The first-order valence-electron chi connectivity index (χ1n) is 10.2. The topological polar surface area (TPSA) is 26.7 Å². The van der Waals surface area contributed by atoms with Crippen LogP contribution in [0.3, 0.4) is 0 Å². The summed E-state index contributed by atoms with van der Waals surface area (Å²) in [5, 5.41) is 10.5. The normalized spacial score (nSPS) is 33.4. The molecule has 2 heterocycles. The molecule has 3 aliphatic rings. The summed E-state index contributed by atoms with van der Waals surface area (Å²) in [6, 6.07) is 0. The van der Waals surface area contributed by atoms with E-state index in [4.69, 9.17) is 0 Å². The fraction of sp³-hybridized carbons (Fsp3) is 0.810. The van der Waals surface area contributed by atoms with E-state index >= 15 is 0 Å². The van der Waals surface area contributed by atoms with E-state index in [1.807, 2.05) is 0 Å². The average molecular weight is 333 g/mol. The van der Waals surface area contributed by atoms with E-state index < -0.39 is 0 Å². The molecule has 3 nitrogen and oxygen atoms in total. The van der Waals surface area contributed by atoms with Crippen LogP contribution < -0.4 is 0 Å².